The lowest BCUT2D eigenvalue weighted by Crippen LogP contribution is -2.39. The van der Waals surface area contributed by atoms with E-state index < -0.39 is 11.6 Å². The summed E-state index contributed by atoms with van der Waals surface area (Å²) in [5.41, 5.74) is 3.59. The summed E-state index contributed by atoms with van der Waals surface area (Å²) in [6.07, 6.45) is 10.7. The summed E-state index contributed by atoms with van der Waals surface area (Å²) in [7, 11) is 0. The molecule has 1 saturated heterocycles. The predicted octanol–water partition coefficient (Wildman–Crippen LogP) is 6.81. The van der Waals surface area contributed by atoms with E-state index in [9.17, 15) is 14.3 Å². The van der Waals surface area contributed by atoms with Crippen LogP contribution >= 0.6 is 11.6 Å². The maximum atomic E-state index is 14.2. The Hall–Kier alpha value is -2.70. The van der Waals surface area contributed by atoms with Crippen LogP contribution in [-0.2, 0) is 0 Å². The SMILES string of the molecule is O=C(c1cnc2ccc(-c3cc(F)c(O)c(Cl)c3)cc2c1NC1CCC(N2CCCC2)CC1)C1CC1. The molecule has 6 rings (SSSR count). The minimum Gasteiger partial charge on any atom is -0.504 e. The normalized spacial score (nSPS) is 22.7. The Morgan fingerprint density at radius 2 is 1.78 bits per heavy atom. The maximum Gasteiger partial charge on any atom is 0.170 e. The lowest BCUT2D eigenvalue weighted by Gasteiger charge is -2.35. The van der Waals surface area contributed by atoms with Crippen molar-refractivity contribution in [2.75, 3.05) is 18.4 Å². The van der Waals surface area contributed by atoms with Gasteiger partial charge in [-0.2, -0.15) is 0 Å². The number of carbonyl (C=O) groups is 1. The number of hydrogen-bond acceptors (Lipinski definition) is 5. The number of anilines is 1. The van der Waals surface area contributed by atoms with Gasteiger partial charge in [0.25, 0.3) is 0 Å². The van der Waals surface area contributed by atoms with Crippen LogP contribution in [0.3, 0.4) is 0 Å². The Bertz CT molecular complexity index is 1290. The zero-order valence-electron chi connectivity index (χ0n) is 20.3. The minimum atomic E-state index is -0.763. The number of pyridine rings is 1. The van der Waals surface area contributed by atoms with Crippen LogP contribution in [0.2, 0.25) is 5.02 Å². The molecule has 3 fully saturated rings. The number of hydrogen-bond donors (Lipinski definition) is 2. The number of aromatic hydroxyl groups is 1. The molecule has 0 spiro atoms. The highest BCUT2D eigenvalue weighted by atomic mass is 35.5. The molecule has 2 aromatic carbocycles. The Kier molecular flexibility index (Phi) is 6.34. The summed E-state index contributed by atoms with van der Waals surface area (Å²) in [4.78, 5) is 20.5. The molecule has 3 aliphatic rings. The topological polar surface area (TPSA) is 65.5 Å². The number of nitrogens with zero attached hydrogens (tertiary/aromatic N) is 2. The maximum absolute atomic E-state index is 14.2. The fourth-order valence-corrected chi connectivity index (χ4v) is 6.12. The summed E-state index contributed by atoms with van der Waals surface area (Å²) < 4.78 is 14.2. The number of fused-ring (bicyclic) bond motifs is 1. The third kappa shape index (κ3) is 4.57. The van der Waals surface area contributed by atoms with Crippen LogP contribution < -0.4 is 5.32 Å². The number of nitrogens with one attached hydrogen (secondary N) is 1. The molecule has 7 heteroatoms. The molecule has 0 amide bonds. The number of benzene rings is 2. The molecule has 188 valence electrons. The number of phenolic OH excluding ortho intramolecular Hbond substituents is 1. The predicted molar refractivity (Wildman–Crippen MR) is 141 cm³/mol. The second-order valence-corrected chi connectivity index (χ2v) is 11.0. The van der Waals surface area contributed by atoms with E-state index in [1.807, 2.05) is 18.2 Å². The highest BCUT2D eigenvalue weighted by Gasteiger charge is 2.34. The standard InChI is InChI=1S/C29H31ClFN3O2/c30-24-14-19(15-25(31)29(24)36)18-5-10-26-22(13-18)27(23(16-32-26)28(35)17-3-4-17)33-20-6-8-21(9-7-20)34-11-1-2-12-34/h5,10,13-17,20-21,36H,1-4,6-9,11-12H2,(H,32,33). The quantitative estimate of drug-likeness (QED) is 0.359. The van der Waals surface area contributed by atoms with Crippen LogP contribution in [0.5, 0.6) is 5.75 Å². The first-order valence-corrected chi connectivity index (χ1v) is 13.5. The fourth-order valence-electron chi connectivity index (χ4n) is 5.91. The molecule has 2 saturated carbocycles. The molecule has 5 nitrogen and oxygen atoms in total. The molecule has 2 N–H and O–H groups in total. The van der Waals surface area contributed by atoms with Gasteiger partial charge in [-0.25, -0.2) is 4.39 Å². The van der Waals surface area contributed by atoms with Crippen molar-refractivity contribution in [2.24, 2.45) is 5.92 Å². The minimum absolute atomic E-state index is 0.0333. The highest BCUT2D eigenvalue weighted by molar-refractivity contribution is 6.32. The third-order valence-corrected chi connectivity index (χ3v) is 8.42. The Morgan fingerprint density at radius 1 is 1.03 bits per heavy atom. The molecular formula is C29H31ClFN3O2. The molecular weight excluding hydrogens is 477 g/mol. The van der Waals surface area contributed by atoms with Gasteiger partial charge >= 0.3 is 0 Å². The van der Waals surface area contributed by atoms with Crippen LogP contribution in [0.1, 0.15) is 61.7 Å². The van der Waals surface area contributed by atoms with E-state index in [1.54, 1.807) is 12.3 Å². The largest absolute Gasteiger partial charge is 0.504 e. The average Bonchev–Trinajstić information content (AvgIpc) is 3.60. The van der Waals surface area contributed by atoms with Crippen LogP contribution in [-0.4, -0.2) is 45.9 Å². The Labute approximate surface area is 215 Å². The van der Waals surface area contributed by atoms with E-state index in [-0.39, 0.29) is 16.7 Å². The summed E-state index contributed by atoms with van der Waals surface area (Å²) in [6, 6.07) is 9.52. The highest BCUT2D eigenvalue weighted by Crippen LogP contribution is 2.40. The van der Waals surface area contributed by atoms with Crippen LogP contribution in [0.15, 0.2) is 36.5 Å². The number of aromatic nitrogens is 1. The van der Waals surface area contributed by atoms with E-state index in [2.05, 4.69) is 15.2 Å². The van der Waals surface area contributed by atoms with Crippen molar-refractivity contribution in [3.05, 3.63) is 52.9 Å². The van der Waals surface area contributed by atoms with Gasteiger partial charge in [0, 0.05) is 29.6 Å². The van der Waals surface area contributed by atoms with Gasteiger partial charge in [-0.1, -0.05) is 17.7 Å². The van der Waals surface area contributed by atoms with E-state index >= 15 is 0 Å². The number of Topliss-reactive ketones (excluding diaryl/α,β-unsaturated/α-hetero) is 1. The zero-order valence-corrected chi connectivity index (χ0v) is 21.0. The van der Waals surface area contributed by atoms with Gasteiger partial charge in [-0.05, 0) is 99.8 Å². The zero-order chi connectivity index (χ0) is 24.8. The number of likely N-dealkylation sites (tertiary alicyclic amines) is 1. The number of halogens is 2. The lowest BCUT2D eigenvalue weighted by molar-refractivity contribution is 0.0968. The molecule has 0 bridgehead atoms. The van der Waals surface area contributed by atoms with Crippen molar-refractivity contribution in [1.82, 2.24) is 9.88 Å². The molecule has 0 unspecified atom stereocenters. The number of ketones is 1. The van der Waals surface area contributed by atoms with Crippen molar-refractivity contribution >= 4 is 34.0 Å². The number of phenols is 1. The molecule has 1 aromatic heterocycles. The van der Waals surface area contributed by atoms with Crippen LogP contribution in [0.25, 0.3) is 22.0 Å². The second kappa shape index (κ2) is 9.64. The molecule has 0 atom stereocenters. The molecule has 2 heterocycles. The molecule has 2 aliphatic carbocycles. The average molecular weight is 508 g/mol. The van der Waals surface area contributed by atoms with Gasteiger partial charge in [0.2, 0.25) is 0 Å². The van der Waals surface area contributed by atoms with Crippen LogP contribution in [0, 0.1) is 11.7 Å². The second-order valence-electron chi connectivity index (χ2n) is 10.6. The first-order valence-electron chi connectivity index (χ1n) is 13.1. The smallest absolute Gasteiger partial charge is 0.170 e. The van der Waals surface area contributed by atoms with E-state index in [1.165, 1.54) is 44.8 Å². The van der Waals surface area contributed by atoms with Gasteiger partial charge in [-0.15, -0.1) is 0 Å². The Balaban J connectivity index is 1.35. The lowest BCUT2D eigenvalue weighted by atomic mass is 9.89. The van der Waals surface area contributed by atoms with Gasteiger partial charge in [0.05, 0.1) is 21.8 Å². The summed E-state index contributed by atoms with van der Waals surface area (Å²) in [5, 5.41) is 14.3. The Morgan fingerprint density at radius 3 is 2.47 bits per heavy atom. The summed E-state index contributed by atoms with van der Waals surface area (Å²) in [6.45, 7) is 2.45. The van der Waals surface area contributed by atoms with E-state index in [4.69, 9.17) is 11.6 Å². The first kappa shape index (κ1) is 23.7. The van der Waals surface area contributed by atoms with Crippen molar-refractivity contribution in [3.63, 3.8) is 0 Å². The molecule has 3 aromatic rings. The monoisotopic (exact) mass is 507 g/mol. The van der Waals surface area contributed by atoms with Gasteiger partial charge in [0.15, 0.2) is 17.3 Å². The first-order chi connectivity index (χ1) is 17.5. The number of rotatable bonds is 6. The van der Waals surface area contributed by atoms with Crippen molar-refractivity contribution in [2.45, 2.75) is 63.5 Å². The van der Waals surface area contributed by atoms with E-state index in [0.29, 0.717) is 23.2 Å². The summed E-state index contributed by atoms with van der Waals surface area (Å²) in [5.74, 6) is -1.07. The van der Waals surface area contributed by atoms with Crippen molar-refractivity contribution < 1.29 is 14.3 Å². The number of carbonyl (C=O) groups excluding carboxylic acids is 1. The molecule has 1 aliphatic heterocycles. The van der Waals surface area contributed by atoms with E-state index in [0.717, 1.165) is 47.8 Å². The molecule has 36 heavy (non-hydrogen) atoms. The summed E-state index contributed by atoms with van der Waals surface area (Å²) >= 11 is 6.05. The fraction of sp³-hybridized carbons (Fsp3) is 0.448. The third-order valence-electron chi connectivity index (χ3n) is 8.13. The van der Waals surface area contributed by atoms with Crippen molar-refractivity contribution in [1.29, 1.82) is 0 Å². The van der Waals surface area contributed by atoms with Crippen LogP contribution in [0.4, 0.5) is 10.1 Å². The van der Waals surface area contributed by atoms with Gasteiger partial charge in [-0.3, -0.25) is 9.78 Å². The van der Waals surface area contributed by atoms with Gasteiger partial charge in [0.1, 0.15) is 0 Å². The molecule has 0 radical (unpaired) electrons. The van der Waals surface area contributed by atoms with Gasteiger partial charge < -0.3 is 15.3 Å². The van der Waals surface area contributed by atoms with Crippen molar-refractivity contribution in [3.8, 4) is 16.9 Å².